The number of amides is 1. The fourth-order valence-electron chi connectivity index (χ4n) is 2.26. The molecular formula is C19H24N2O3. The standard InChI is InChI=1S/C19H24N2O3/c1-15(24-18-12-8-7-11-17(18)23-3)19(22)20-13-14-21(2)16-9-5-4-6-10-16/h4-12,15H,13-14H2,1-3H3,(H,20,22)/t15-/m0/s1. The predicted octanol–water partition coefficient (Wildman–Crippen LogP) is 2.72. The third-order valence-corrected chi connectivity index (χ3v) is 3.69. The third-order valence-electron chi connectivity index (χ3n) is 3.69. The van der Waals surface area contributed by atoms with Gasteiger partial charge in [0.15, 0.2) is 17.6 Å². The van der Waals surface area contributed by atoms with Crippen molar-refractivity contribution in [1.29, 1.82) is 0 Å². The molecule has 0 unspecified atom stereocenters. The number of carbonyl (C=O) groups excluding carboxylic acids is 1. The second-order valence-corrected chi connectivity index (χ2v) is 5.46. The molecule has 0 saturated carbocycles. The van der Waals surface area contributed by atoms with Gasteiger partial charge in [0, 0.05) is 25.8 Å². The average molecular weight is 328 g/mol. The van der Waals surface area contributed by atoms with Crippen LogP contribution in [0.3, 0.4) is 0 Å². The fraction of sp³-hybridized carbons (Fsp3) is 0.316. The van der Waals surface area contributed by atoms with Crippen molar-refractivity contribution < 1.29 is 14.3 Å². The van der Waals surface area contributed by atoms with Crippen LogP contribution in [0.1, 0.15) is 6.92 Å². The van der Waals surface area contributed by atoms with Gasteiger partial charge in [-0.2, -0.15) is 0 Å². The van der Waals surface area contributed by atoms with Crippen LogP contribution in [0.25, 0.3) is 0 Å². The summed E-state index contributed by atoms with van der Waals surface area (Å²) in [6, 6.07) is 17.3. The number of carbonyl (C=O) groups is 1. The number of likely N-dealkylation sites (N-methyl/N-ethyl adjacent to an activating group) is 1. The highest BCUT2D eigenvalue weighted by Gasteiger charge is 2.16. The fourth-order valence-corrected chi connectivity index (χ4v) is 2.26. The lowest BCUT2D eigenvalue weighted by Crippen LogP contribution is -2.40. The van der Waals surface area contributed by atoms with Crippen LogP contribution >= 0.6 is 0 Å². The number of ether oxygens (including phenoxy) is 2. The summed E-state index contributed by atoms with van der Waals surface area (Å²) in [7, 11) is 3.57. The van der Waals surface area contributed by atoms with Gasteiger partial charge in [-0.25, -0.2) is 0 Å². The van der Waals surface area contributed by atoms with Crippen molar-refractivity contribution >= 4 is 11.6 Å². The van der Waals surface area contributed by atoms with E-state index in [2.05, 4.69) is 10.2 Å². The Morgan fingerprint density at radius 3 is 2.38 bits per heavy atom. The van der Waals surface area contributed by atoms with Gasteiger partial charge < -0.3 is 19.7 Å². The van der Waals surface area contributed by atoms with Gasteiger partial charge in [0.05, 0.1) is 7.11 Å². The highest BCUT2D eigenvalue weighted by molar-refractivity contribution is 5.80. The van der Waals surface area contributed by atoms with Gasteiger partial charge in [-0.1, -0.05) is 30.3 Å². The molecule has 128 valence electrons. The average Bonchev–Trinajstić information content (AvgIpc) is 2.62. The molecular weight excluding hydrogens is 304 g/mol. The number of hydrogen-bond acceptors (Lipinski definition) is 4. The number of hydrogen-bond donors (Lipinski definition) is 1. The van der Waals surface area contributed by atoms with Gasteiger partial charge in [-0.3, -0.25) is 4.79 Å². The topological polar surface area (TPSA) is 50.8 Å². The van der Waals surface area contributed by atoms with Crippen LogP contribution in [0, 0.1) is 0 Å². The minimum Gasteiger partial charge on any atom is -0.493 e. The van der Waals surface area contributed by atoms with E-state index in [1.165, 1.54) is 0 Å². The summed E-state index contributed by atoms with van der Waals surface area (Å²) in [4.78, 5) is 14.3. The molecule has 0 bridgehead atoms. The smallest absolute Gasteiger partial charge is 0.260 e. The maximum Gasteiger partial charge on any atom is 0.260 e. The van der Waals surface area contributed by atoms with E-state index in [1.54, 1.807) is 26.2 Å². The van der Waals surface area contributed by atoms with Crippen molar-refractivity contribution in [3.63, 3.8) is 0 Å². The first-order valence-corrected chi connectivity index (χ1v) is 7.95. The number of nitrogens with zero attached hydrogens (tertiary/aromatic N) is 1. The summed E-state index contributed by atoms with van der Waals surface area (Å²) in [6.45, 7) is 2.99. The van der Waals surface area contributed by atoms with Crippen LogP contribution < -0.4 is 19.7 Å². The van der Waals surface area contributed by atoms with Crippen molar-refractivity contribution in [2.45, 2.75) is 13.0 Å². The van der Waals surface area contributed by atoms with Crippen molar-refractivity contribution in [2.75, 3.05) is 32.1 Å². The molecule has 0 radical (unpaired) electrons. The van der Waals surface area contributed by atoms with Gasteiger partial charge in [-0.15, -0.1) is 0 Å². The quantitative estimate of drug-likeness (QED) is 0.809. The summed E-state index contributed by atoms with van der Waals surface area (Å²) in [5, 5.41) is 2.89. The van der Waals surface area contributed by atoms with E-state index in [0.29, 0.717) is 18.0 Å². The molecule has 0 saturated heterocycles. The molecule has 5 nitrogen and oxygen atoms in total. The van der Waals surface area contributed by atoms with E-state index in [9.17, 15) is 4.79 Å². The SMILES string of the molecule is COc1ccccc1O[C@@H](C)C(=O)NCCN(C)c1ccccc1. The molecule has 2 aromatic carbocycles. The molecule has 2 aromatic rings. The van der Waals surface area contributed by atoms with Gasteiger partial charge >= 0.3 is 0 Å². The zero-order valence-corrected chi connectivity index (χ0v) is 14.4. The molecule has 5 heteroatoms. The Morgan fingerprint density at radius 2 is 1.71 bits per heavy atom. The van der Waals surface area contributed by atoms with Crippen molar-refractivity contribution in [1.82, 2.24) is 5.32 Å². The Labute approximate surface area is 143 Å². The summed E-state index contributed by atoms with van der Waals surface area (Å²) >= 11 is 0. The second-order valence-electron chi connectivity index (χ2n) is 5.46. The summed E-state index contributed by atoms with van der Waals surface area (Å²) in [5.41, 5.74) is 1.12. The van der Waals surface area contributed by atoms with Crippen molar-refractivity contribution in [3.05, 3.63) is 54.6 Å². The lowest BCUT2D eigenvalue weighted by molar-refractivity contribution is -0.127. The highest BCUT2D eigenvalue weighted by Crippen LogP contribution is 2.26. The summed E-state index contributed by atoms with van der Waals surface area (Å²) in [5.74, 6) is 1.02. The van der Waals surface area contributed by atoms with E-state index in [1.807, 2.05) is 49.5 Å². The number of benzene rings is 2. The normalized spacial score (nSPS) is 11.5. The number of anilines is 1. The Balaban J connectivity index is 1.79. The van der Waals surface area contributed by atoms with Crippen LogP contribution in [0.15, 0.2) is 54.6 Å². The first-order valence-electron chi connectivity index (χ1n) is 7.95. The van der Waals surface area contributed by atoms with Crippen LogP contribution in [-0.4, -0.2) is 39.3 Å². The van der Waals surface area contributed by atoms with E-state index < -0.39 is 6.10 Å². The monoisotopic (exact) mass is 328 g/mol. The van der Waals surface area contributed by atoms with Gasteiger partial charge in [0.2, 0.25) is 0 Å². The van der Waals surface area contributed by atoms with Gasteiger partial charge in [0.1, 0.15) is 0 Å². The van der Waals surface area contributed by atoms with E-state index >= 15 is 0 Å². The maximum absolute atomic E-state index is 12.2. The Kier molecular flexibility index (Phi) is 6.49. The van der Waals surface area contributed by atoms with Crippen LogP contribution in [0.4, 0.5) is 5.69 Å². The lowest BCUT2D eigenvalue weighted by Gasteiger charge is -2.20. The molecule has 1 atom stereocenters. The third kappa shape index (κ3) is 4.91. The van der Waals surface area contributed by atoms with E-state index in [0.717, 1.165) is 12.2 Å². The predicted molar refractivity (Wildman–Crippen MR) is 95.8 cm³/mol. The van der Waals surface area contributed by atoms with Crippen LogP contribution in [-0.2, 0) is 4.79 Å². The molecule has 0 fully saturated rings. The lowest BCUT2D eigenvalue weighted by atomic mass is 10.3. The summed E-state index contributed by atoms with van der Waals surface area (Å²) in [6.07, 6.45) is -0.594. The molecule has 0 aromatic heterocycles. The van der Waals surface area contributed by atoms with Crippen LogP contribution in [0.5, 0.6) is 11.5 Å². The molecule has 0 aliphatic heterocycles. The minimum atomic E-state index is -0.594. The molecule has 1 amide bonds. The van der Waals surface area contributed by atoms with Crippen molar-refractivity contribution in [2.24, 2.45) is 0 Å². The van der Waals surface area contributed by atoms with Gasteiger partial charge in [0.25, 0.3) is 5.91 Å². The first kappa shape index (κ1) is 17.7. The molecule has 0 aliphatic rings. The number of rotatable bonds is 8. The van der Waals surface area contributed by atoms with E-state index in [4.69, 9.17) is 9.47 Å². The maximum atomic E-state index is 12.2. The zero-order chi connectivity index (χ0) is 17.4. The molecule has 2 rings (SSSR count). The largest absolute Gasteiger partial charge is 0.493 e. The summed E-state index contributed by atoms with van der Waals surface area (Å²) < 4.78 is 10.9. The molecule has 0 heterocycles. The molecule has 24 heavy (non-hydrogen) atoms. The van der Waals surface area contributed by atoms with Gasteiger partial charge in [-0.05, 0) is 31.2 Å². The number of methoxy groups -OCH3 is 1. The van der Waals surface area contributed by atoms with Crippen molar-refractivity contribution in [3.8, 4) is 11.5 Å². The minimum absolute atomic E-state index is 0.151. The molecule has 1 N–H and O–H groups in total. The number of para-hydroxylation sites is 3. The second kappa shape index (κ2) is 8.82. The Morgan fingerprint density at radius 1 is 1.08 bits per heavy atom. The first-order chi connectivity index (χ1) is 11.6. The number of nitrogens with one attached hydrogen (secondary N) is 1. The van der Waals surface area contributed by atoms with E-state index in [-0.39, 0.29) is 5.91 Å². The Bertz CT molecular complexity index is 646. The Hall–Kier alpha value is -2.69. The van der Waals surface area contributed by atoms with Crippen LogP contribution in [0.2, 0.25) is 0 Å². The highest BCUT2D eigenvalue weighted by atomic mass is 16.5. The molecule has 0 aliphatic carbocycles. The molecule has 0 spiro atoms. The zero-order valence-electron chi connectivity index (χ0n) is 14.4.